The standard InChI is InChI=1S/C18H21NO2/c1-12(2)10-19-11-13-8-9-16(20-3)18-17(13)14-6-4-5-7-15(14)21-18/h4,6,8-9,11,14-15H,1,5,7,10H2,2-3H3/b19-11+/t14?,15-/m0/s1. The molecule has 3 heteroatoms. The van der Waals surface area contributed by atoms with Crippen LogP contribution in [-0.2, 0) is 0 Å². The Bertz CT molecular complexity index is 616. The van der Waals surface area contributed by atoms with Gasteiger partial charge in [-0.1, -0.05) is 24.3 Å². The van der Waals surface area contributed by atoms with E-state index in [0.29, 0.717) is 12.5 Å². The molecule has 2 aliphatic rings. The van der Waals surface area contributed by atoms with E-state index in [1.807, 2.05) is 19.2 Å². The lowest BCUT2D eigenvalue weighted by atomic mass is 9.86. The Morgan fingerprint density at radius 3 is 3.14 bits per heavy atom. The molecule has 1 aliphatic carbocycles. The van der Waals surface area contributed by atoms with Gasteiger partial charge in [0.2, 0.25) is 0 Å². The smallest absolute Gasteiger partial charge is 0.166 e. The Morgan fingerprint density at radius 2 is 2.38 bits per heavy atom. The van der Waals surface area contributed by atoms with Gasteiger partial charge in [-0.2, -0.15) is 0 Å². The largest absolute Gasteiger partial charge is 0.493 e. The van der Waals surface area contributed by atoms with Crippen LogP contribution in [-0.4, -0.2) is 26.0 Å². The summed E-state index contributed by atoms with van der Waals surface area (Å²) in [6, 6.07) is 4.02. The molecular weight excluding hydrogens is 262 g/mol. The molecule has 1 heterocycles. The maximum absolute atomic E-state index is 6.15. The molecule has 0 amide bonds. The van der Waals surface area contributed by atoms with Crippen LogP contribution in [0.2, 0.25) is 0 Å². The highest BCUT2D eigenvalue weighted by Gasteiger charge is 2.37. The van der Waals surface area contributed by atoms with Gasteiger partial charge < -0.3 is 9.47 Å². The summed E-state index contributed by atoms with van der Waals surface area (Å²) in [4.78, 5) is 4.47. The topological polar surface area (TPSA) is 30.8 Å². The van der Waals surface area contributed by atoms with E-state index in [4.69, 9.17) is 9.47 Å². The molecule has 0 saturated heterocycles. The number of fused-ring (bicyclic) bond motifs is 3. The highest BCUT2D eigenvalue weighted by molar-refractivity contribution is 5.85. The fraction of sp³-hybridized carbons (Fsp3) is 0.389. The minimum absolute atomic E-state index is 0.231. The third kappa shape index (κ3) is 2.60. The van der Waals surface area contributed by atoms with E-state index in [1.165, 1.54) is 5.56 Å². The number of allylic oxidation sites excluding steroid dienone is 1. The summed E-state index contributed by atoms with van der Waals surface area (Å²) >= 11 is 0. The average molecular weight is 283 g/mol. The minimum atomic E-state index is 0.231. The first-order valence-corrected chi connectivity index (χ1v) is 7.39. The molecule has 1 aromatic rings. The molecule has 0 bridgehead atoms. The lowest BCUT2D eigenvalue weighted by molar-refractivity contribution is 0.198. The van der Waals surface area contributed by atoms with Crippen molar-refractivity contribution in [2.45, 2.75) is 31.8 Å². The van der Waals surface area contributed by atoms with Gasteiger partial charge in [0.15, 0.2) is 11.5 Å². The molecule has 1 unspecified atom stereocenters. The number of hydrogen-bond donors (Lipinski definition) is 0. The molecule has 0 aromatic heterocycles. The van der Waals surface area contributed by atoms with E-state index in [9.17, 15) is 0 Å². The fourth-order valence-corrected chi connectivity index (χ4v) is 3.01. The van der Waals surface area contributed by atoms with Crippen LogP contribution in [0.3, 0.4) is 0 Å². The lowest BCUT2D eigenvalue weighted by Crippen LogP contribution is -2.19. The zero-order chi connectivity index (χ0) is 14.8. The first-order chi connectivity index (χ1) is 10.2. The number of hydrogen-bond acceptors (Lipinski definition) is 3. The molecule has 3 rings (SSSR count). The van der Waals surface area contributed by atoms with Crippen molar-refractivity contribution in [3.05, 3.63) is 47.6 Å². The summed E-state index contributed by atoms with van der Waals surface area (Å²) < 4.78 is 11.6. The summed E-state index contributed by atoms with van der Waals surface area (Å²) in [5.74, 6) is 2.01. The zero-order valence-corrected chi connectivity index (χ0v) is 12.6. The van der Waals surface area contributed by atoms with Crippen molar-refractivity contribution in [1.29, 1.82) is 0 Å². The van der Waals surface area contributed by atoms with Crippen LogP contribution in [0.15, 0.2) is 41.4 Å². The van der Waals surface area contributed by atoms with Crippen LogP contribution in [0.4, 0.5) is 0 Å². The van der Waals surface area contributed by atoms with Gasteiger partial charge in [-0.3, -0.25) is 4.99 Å². The third-order valence-corrected chi connectivity index (χ3v) is 3.97. The van der Waals surface area contributed by atoms with Crippen LogP contribution < -0.4 is 9.47 Å². The Labute approximate surface area is 126 Å². The first kappa shape index (κ1) is 13.9. The number of benzene rings is 1. The van der Waals surface area contributed by atoms with Gasteiger partial charge in [0.1, 0.15) is 6.10 Å². The van der Waals surface area contributed by atoms with E-state index >= 15 is 0 Å². The quantitative estimate of drug-likeness (QED) is 0.620. The maximum atomic E-state index is 6.15. The Hall–Kier alpha value is -2.03. The second-order valence-electron chi connectivity index (χ2n) is 5.71. The van der Waals surface area contributed by atoms with E-state index in [2.05, 4.69) is 29.8 Å². The van der Waals surface area contributed by atoms with Gasteiger partial charge in [-0.25, -0.2) is 0 Å². The van der Waals surface area contributed by atoms with Crippen molar-refractivity contribution in [1.82, 2.24) is 0 Å². The van der Waals surface area contributed by atoms with Gasteiger partial charge in [0.25, 0.3) is 0 Å². The Balaban J connectivity index is 2.01. The van der Waals surface area contributed by atoms with Gasteiger partial charge in [0.05, 0.1) is 13.7 Å². The molecule has 0 saturated carbocycles. The first-order valence-electron chi connectivity index (χ1n) is 7.39. The molecule has 3 nitrogen and oxygen atoms in total. The molecule has 21 heavy (non-hydrogen) atoms. The summed E-state index contributed by atoms with van der Waals surface area (Å²) in [6.07, 6.45) is 8.80. The highest BCUT2D eigenvalue weighted by atomic mass is 16.5. The van der Waals surface area contributed by atoms with Gasteiger partial charge in [-0.15, -0.1) is 0 Å². The number of ether oxygens (including phenoxy) is 2. The molecule has 1 aromatic carbocycles. The monoisotopic (exact) mass is 283 g/mol. The van der Waals surface area contributed by atoms with Crippen molar-refractivity contribution >= 4 is 6.21 Å². The van der Waals surface area contributed by atoms with Gasteiger partial charge in [0, 0.05) is 23.3 Å². The summed E-state index contributed by atoms with van der Waals surface area (Å²) in [6.45, 7) is 6.53. The highest BCUT2D eigenvalue weighted by Crippen LogP contribution is 2.48. The summed E-state index contributed by atoms with van der Waals surface area (Å²) in [5, 5.41) is 0. The second-order valence-corrected chi connectivity index (χ2v) is 5.71. The number of rotatable bonds is 4. The molecule has 0 spiro atoms. The van der Waals surface area contributed by atoms with Crippen molar-refractivity contribution in [2.24, 2.45) is 4.99 Å². The van der Waals surface area contributed by atoms with Crippen LogP contribution >= 0.6 is 0 Å². The maximum Gasteiger partial charge on any atom is 0.166 e. The molecular formula is C18H21NO2. The molecule has 0 fully saturated rings. The van der Waals surface area contributed by atoms with Gasteiger partial charge >= 0.3 is 0 Å². The predicted molar refractivity (Wildman–Crippen MR) is 85.8 cm³/mol. The Kier molecular flexibility index (Phi) is 3.82. The zero-order valence-electron chi connectivity index (χ0n) is 12.6. The van der Waals surface area contributed by atoms with E-state index < -0.39 is 0 Å². The predicted octanol–water partition coefficient (Wildman–Crippen LogP) is 3.88. The number of aliphatic imine (C=N–C) groups is 1. The number of nitrogens with zero attached hydrogens (tertiary/aromatic N) is 1. The molecule has 0 N–H and O–H groups in total. The van der Waals surface area contributed by atoms with Crippen LogP contribution in [0.1, 0.15) is 36.8 Å². The van der Waals surface area contributed by atoms with Crippen LogP contribution in [0.5, 0.6) is 11.5 Å². The minimum Gasteiger partial charge on any atom is -0.493 e. The van der Waals surface area contributed by atoms with Crippen molar-refractivity contribution in [3.63, 3.8) is 0 Å². The summed E-state index contributed by atoms with van der Waals surface area (Å²) in [7, 11) is 1.69. The molecule has 2 atom stereocenters. The normalized spacial score (nSPS) is 22.8. The van der Waals surface area contributed by atoms with E-state index in [-0.39, 0.29) is 6.10 Å². The Morgan fingerprint density at radius 1 is 1.52 bits per heavy atom. The van der Waals surface area contributed by atoms with Crippen molar-refractivity contribution in [2.75, 3.05) is 13.7 Å². The average Bonchev–Trinajstić information content (AvgIpc) is 2.86. The van der Waals surface area contributed by atoms with Crippen molar-refractivity contribution in [3.8, 4) is 11.5 Å². The SMILES string of the molecule is C=C(C)C/N=C/c1ccc(OC)c2c1C1C=CCC[C@@H]1O2. The molecule has 1 aliphatic heterocycles. The summed E-state index contributed by atoms with van der Waals surface area (Å²) in [5.41, 5.74) is 3.38. The lowest BCUT2D eigenvalue weighted by Gasteiger charge is -2.19. The second kappa shape index (κ2) is 5.76. The van der Waals surface area contributed by atoms with Gasteiger partial charge in [-0.05, 0) is 31.9 Å². The fourth-order valence-electron chi connectivity index (χ4n) is 3.01. The van der Waals surface area contributed by atoms with E-state index in [1.54, 1.807) is 7.11 Å². The third-order valence-electron chi connectivity index (χ3n) is 3.97. The molecule has 110 valence electrons. The van der Waals surface area contributed by atoms with Crippen molar-refractivity contribution < 1.29 is 9.47 Å². The molecule has 0 radical (unpaired) electrons. The van der Waals surface area contributed by atoms with Crippen LogP contribution in [0, 0.1) is 0 Å². The number of methoxy groups -OCH3 is 1. The van der Waals surface area contributed by atoms with E-state index in [0.717, 1.165) is 35.5 Å². The van der Waals surface area contributed by atoms with Crippen LogP contribution in [0.25, 0.3) is 0 Å².